The fraction of sp³-hybridized carbons (Fsp3) is 0.500. The maximum Gasteiger partial charge on any atom is 0.129 e. The van der Waals surface area contributed by atoms with Crippen molar-refractivity contribution >= 4 is 29.1 Å². The second kappa shape index (κ2) is 4.89. The zero-order valence-electron chi connectivity index (χ0n) is 7.87. The highest BCUT2D eigenvalue weighted by Crippen LogP contribution is 2.23. The molecule has 14 heavy (non-hydrogen) atoms. The third-order valence-corrected chi connectivity index (χ3v) is 3.80. The fourth-order valence-corrected chi connectivity index (χ4v) is 2.88. The molecule has 1 fully saturated rings. The number of nitrogens with one attached hydrogen (secondary N) is 1. The summed E-state index contributed by atoms with van der Waals surface area (Å²) in [5.74, 6) is 3.41. The van der Waals surface area contributed by atoms with Crippen molar-refractivity contribution in [1.82, 2.24) is 4.98 Å². The Bertz CT molecular complexity index is 283. The molecule has 1 atom stereocenters. The summed E-state index contributed by atoms with van der Waals surface area (Å²) in [6.45, 7) is 1.05. The quantitative estimate of drug-likeness (QED) is 0.806. The van der Waals surface area contributed by atoms with E-state index in [2.05, 4.69) is 10.3 Å². The van der Waals surface area contributed by atoms with Gasteiger partial charge in [-0.15, -0.1) is 0 Å². The van der Waals surface area contributed by atoms with Crippen LogP contribution in [0.2, 0.25) is 5.15 Å². The molecule has 0 aromatic carbocycles. The SMILES string of the molecule is Clc1ccc(NCC2CCSC2)cn1. The average molecular weight is 229 g/mol. The van der Waals surface area contributed by atoms with Crippen molar-refractivity contribution in [3.8, 4) is 0 Å². The number of thioether (sulfide) groups is 1. The zero-order chi connectivity index (χ0) is 9.80. The minimum Gasteiger partial charge on any atom is -0.383 e. The smallest absolute Gasteiger partial charge is 0.129 e. The minimum atomic E-state index is 0.548. The number of anilines is 1. The van der Waals surface area contributed by atoms with Gasteiger partial charge in [-0.1, -0.05) is 11.6 Å². The van der Waals surface area contributed by atoms with Crippen LogP contribution in [0.4, 0.5) is 5.69 Å². The number of hydrogen-bond donors (Lipinski definition) is 1. The van der Waals surface area contributed by atoms with Crippen LogP contribution in [0, 0.1) is 5.92 Å². The topological polar surface area (TPSA) is 24.9 Å². The first-order valence-electron chi connectivity index (χ1n) is 4.78. The van der Waals surface area contributed by atoms with Crippen molar-refractivity contribution in [3.63, 3.8) is 0 Å². The van der Waals surface area contributed by atoms with Gasteiger partial charge in [0.25, 0.3) is 0 Å². The number of halogens is 1. The number of pyridine rings is 1. The van der Waals surface area contributed by atoms with E-state index in [1.54, 1.807) is 6.20 Å². The van der Waals surface area contributed by atoms with Gasteiger partial charge in [0, 0.05) is 6.54 Å². The molecule has 1 aromatic rings. The maximum absolute atomic E-state index is 5.70. The van der Waals surface area contributed by atoms with Gasteiger partial charge in [0.15, 0.2) is 0 Å². The van der Waals surface area contributed by atoms with E-state index in [1.807, 2.05) is 23.9 Å². The molecular weight excluding hydrogens is 216 g/mol. The van der Waals surface area contributed by atoms with E-state index >= 15 is 0 Å². The van der Waals surface area contributed by atoms with Crippen LogP contribution in [0.3, 0.4) is 0 Å². The van der Waals surface area contributed by atoms with Crippen molar-refractivity contribution < 1.29 is 0 Å². The second-order valence-corrected chi connectivity index (χ2v) is 5.02. The lowest BCUT2D eigenvalue weighted by molar-refractivity contribution is 0.631. The van der Waals surface area contributed by atoms with Crippen molar-refractivity contribution in [2.24, 2.45) is 5.92 Å². The first kappa shape index (κ1) is 10.1. The van der Waals surface area contributed by atoms with Crippen molar-refractivity contribution in [3.05, 3.63) is 23.5 Å². The van der Waals surface area contributed by atoms with Crippen molar-refractivity contribution in [1.29, 1.82) is 0 Å². The first-order chi connectivity index (χ1) is 6.84. The van der Waals surface area contributed by atoms with Gasteiger partial charge in [0.05, 0.1) is 11.9 Å². The summed E-state index contributed by atoms with van der Waals surface area (Å²) in [7, 11) is 0. The fourth-order valence-electron chi connectivity index (χ4n) is 1.49. The predicted octanol–water partition coefficient (Wildman–Crippen LogP) is 2.90. The predicted molar refractivity (Wildman–Crippen MR) is 63.2 cm³/mol. The van der Waals surface area contributed by atoms with E-state index in [0.29, 0.717) is 5.15 Å². The molecule has 1 aliphatic heterocycles. The van der Waals surface area contributed by atoms with Crippen LogP contribution in [-0.4, -0.2) is 23.0 Å². The van der Waals surface area contributed by atoms with Gasteiger partial charge < -0.3 is 5.32 Å². The normalized spacial score (nSPS) is 21.1. The van der Waals surface area contributed by atoms with Gasteiger partial charge in [-0.2, -0.15) is 11.8 Å². The monoisotopic (exact) mass is 228 g/mol. The van der Waals surface area contributed by atoms with E-state index in [1.165, 1.54) is 17.9 Å². The molecule has 1 aliphatic rings. The zero-order valence-corrected chi connectivity index (χ0v) is 9.44. The molecule has 0 amide bonds. The van der Waals surface area contributed by atoms with Gasteiger partial charge >= 0.3 is 0 Å². The molecule has 1 N–H and O–H groups in total. The molecule has 0 aliphatic carbocycles. The molecule has 4 heteroatoms. The lowest BCUT2D eigenvalue weighted by Gasteiger charge is -2.10. The molecule has 1 saturated heterocycles. The van der Waals surface area contributed by atoms with E-state index in [0.717, 1.165) is 18.2 Å². The average Bonchev–Trinajstić information content (AvgIpc) is 2.70. The van der Waals surface area contributed by atoms with E-state index in [4.69, 9.17) is 11.6 Å². The van der Waals surface area contributed by atoms with Crippen LogP contribution in [0.1, 0.15) is 6.42 Å². The molecule has 0 saturated carbocycles. The number of aromatic nitrogens is 1. The summed E-state index contributed by atoms with van der Waals surface area (Å²) >= 11 is 7.74. The van der Waals surface area contributed by atoms with Crippen LogP contribution in [0.25, 0.3) is 0 Å². The van der Waals surface area contributed by atoms with Gasteiger partial charge in [-0.25, -0.2) is 4.98 Å². The lowest BCUT2D eigenvalue weighted by atomic mass is 10.1. The Kier molecular flexibility index (Phi) is 3.54. The Morgan fingerprint density at radius 2 is 2.50 bits per heavy atom. The molecule has 0 spiro atoms. The summed E-state index contributed by atoms with van der Waals surface area (Å²) in [5, 5.41) is 3.93. The molecule has 1 aromatic heterocycles. The standard InChI is InChI=1S/C10H13ClN2S/c11-10-2-1-9(6-13-10)12-5-8-3-4-14-7-8/h1-2,6,8,12H,3-5,7H2. The summed E-state index contributed by atoms with van der Waals surface area (Å²) in [5.41, 5.74) is 1.06. The van der Waals surface area contributed by atoms with Crippen LogP contribution in [0.5, 0.6) is 0 Å². The molecule has 2 heterocycles. The minimum absolute atomic E-state index is 0.548. The van der Waals surface area contributed by atoms with Gasteiger partial charge in [0.2, 0.25) is 0 Å². The lowest BCUT2D eigenvalue weighted by Crippen LogP contribution is -2.13. The molecule has 2 nitrogen and oxygen atoms in total. The Morgan fingerprint density at radius 1 is 1.57 bits per heavy atom. The second-order valence-electron chi connectivity index (χ2n) is 3.48. The summed E-state index contributed by atoms with van der Waals surface area (Å²) in [4.78, 5) is 4.02. The summed E-state index contributed by atoms with van der Waals surface area (Å²) < 4.78 is 0. The Labute approximate surface area is 93.4 Å². The third-order valence-electron chi connectivity index (χ3n) is 2.35. The molecule has 0 radical (unpaired) electrons. The summed E-state index contributed by atoms with van der Waals surface area (Å²) in [6.07, 6.45) is 3.11. The van der Waals surface area contributed by atoms with E-state index < -0.39 is 0 Å². The highest BCUT2D eigenvalue weighted by molar-refractivity contribution is 7.99. The van der Waals surface area contributed by atoms with Crippen LogP contribution >= 0.6 is 23.4 Å². The molecular formula is C10H13ClN2S. The molecule has 0 bridgehead atoms. The Hall–Kier alpha value is -0.410. The number of rotatable bonds is 3. The van der Waals surface area contributed by atoms with Crippen molar-refractivity contribution in [2.75, 3.05) is 23.4 Å². The highest BCUT2D eigenvalue weighted by atomic mass is 35.5. The number of nitrogens with zero attached hydrogens (tertiary/aromatic N) is 1. The van der Waals surface area contributed by atoms with Crippen molar-refractivity contribution in [2.45, 2.75) is 6.42 Å². The number of hydrogen-bond acceptors (Lipinski definition) is 3. The Morgan fingerprint density at radius 3 is 3.14 bits per heavy atom. The first-order valence-corrected chi connectivity index (χ1v) is 6.31. The molecule has 1 unspecified atom stereocenters. The third kappa shape index (κ3) is 2.79. The van der Waals surface area contributed by atoms with Crippen LogP contribution in [-0.2, 0) is 0 Å². The Balaban J connectivity index is 1.82. The van der Waals surface area contributed by atoms with E-state index in [-0.39, 0.29) is 0 Å². The van der Waals surface area contributed by atoms with Crippen LogP contribution < -0.4 is 5.32 Å². The van der Waals surface area contributed by atoms with Gasteiger partial charge in [-0.05, 0) is 36.0 Å². The largest absolute Gasteiger partial charge is 0.383 e. The van der Waals surface area contributed by atoms with E-state index in [9.17, 15) is 0 Å². The van der Waals surface area contributed by atoms with Crippen LogP contribution in [0.15, 0.2) is 18.3 Å². The van der Waals surface area contributed by atoms with Gasteiger partial charge in [0.1, 0.15) is 5.15 Å². The van der Waals surface area contributed by atoms with Gasteiger partial charge in [-0.3, -0.25) is 0 Å². The maximum atomic E-state index is 5.70. The highest BCUT2D eigenvalue weighted by Gasteiger charge is 2.14. The molecule has 2 rings (SSSR count). The molecule has 76 valence electrons. The summed E-state index contributed by atoms with van der Waals surface area (Å²) in [6, 6.07) is 3.78.